The van der Waals surface area contributed by atoms with Gasteiger partial charge in [-0.3, -0.25) is 0 Å². The van der Waals surface area contributed by atoms with E-state index in [1.165, 1.54) is 6.26 Å². The van der Waals surface area contributed by atoms with E-state index in [2.05, 4.69) is 27.6 Å². The molecular weight excluding hydrogens is 411 g/mol. The lowest BCUT2D eigenvalue weighted by Crippen LogP contribution is -2.10. The Morgan fingerprint density at radius 2 is 2.15 bits per heavy atom. The zero-order valence-electron chi connectivity index (χ0n) is 11.3. The van der Waals surface area contributed by atoms with Gasteiger partial charge in [-0.1, -0.05) is 0 Å². The fraction of sp³-hybridized carbons (Fsp3) is 0.462. The number of halogens is 2. The van der Waals surface area contributed by atoms with Crippen LogP contribution in [-0.4, -0.2) is 30.0 Å². The van der Waals surface area contributed by atoms with Crippen LogP contribution in [0.4, 0.5) is 0 Å². The molecule has 4 nitrogen and oxygen atoms in total. The summed E-state index contributed by atoms with van der Waals surface area (Å²) >= 11 is 8.43. The number of sulfone groups is 1. The Kier molecular flexibility index (Phi) is 4.96. The number of alkyl halides is 1. The molecule has 0 radical (unpaired) electrons. The monoisotopic (exact) mass is 426 g/mol. The average Bonchev–Trinajstić information content (AvgIpc) is 2.66. The summed E-state index contributed by atoms with van der Waals surface area (Å²) in [5.74, 6) is 0.963. The molecule has 0 saturated heterocycles. The first-order chi connectivity index (χ1) is 9.28. The number of hydrogen-bond donors (Lipinski definition) is 0. The predicted octanol–water partition coefficient (Wildman–Crippen LogP) is 3.38. The fourth-order valence-corrected chi connectivity index (χ4v) is 3.44. The second kappa shape index (κ2) is 6.19. The molecule has 110 valence electrons. The quantitative estimate of drug-likeness (QED) is 0.544. The van der Waals surface area contributed by atoms with Crippen molar-refractivity contribution >= 4 is 55.1 Å². The molecule has 1 heterocycles. The van der Waals surface area contributed by atoms with Gasteiger partial charge in [0.2, 0.25) is 0 Å². The van der Waals surface area contributed by atoms with Crippen molar-refractivity contribution in [1.82, 2.24) is 9.55 Å². The smallest absolute Gasteiger partial charge is 0.147 e. The third kappa shape index (κ3) is 3.85. The number of benzene rings is 1. The predicted molar refractivity (Wildman–Crippen MR) is 91.0 cm³/mol. The van der Waals surface area contributed by atoms with Crippen LogP contribution in [0.2, 0.25) is 0 Å². The van der Waals surface area contributed by atoms with Crippen LogP contribution < -0.4 is 0 Å². The molecule has 7 heteroatoms. The summed E-state index contributed by atoms with van der Waals surface area (Å²) in [6.07, 6.45) is 1.82. The molecule has 1 aromatic heterocycles. The maximum atomic E-state index is 11.2. The van der Waals surface area contributed by atoms with Crippen molar-refractivity contribution in [3.8, 4) is 0 Å². The van der Waals surface area contributed by atoms with E-state index in [1.54, 1.807) is 0 Å². The molecule has 0 aliphatic heterocycles. The van der Waals surface area contributed by atoms with E-state index in [-0.39, 0.29) is 11.1 Å². The summed E-state index contributed by atoms with van der Waals surface area (Å²) in [6.45, 7) is 2.48. The molecule has 1 aromatic carbocycles. The van der Waals surface area contributed by atoms with Crippen molar-refractivity contribution in [1.29, 1.82) is 0 Å². The van der Waals surface area contributed by atoms with Crippen molar-refractivity contribution < 1.29 is 8.42 Å². The van der Waals surface area contributed by atoms with E-state index in [0.717, 1.165) is 20.4 Å². The van der Waals surface area contributed by atoms with Crippen LogP contribution in [0.3, 0.4) is 0 Å². The SMILES string of the molecule is CC(Cl)c1nc2cc(I)ccc2n1CCCS(C)(=O)=O. The number of fused-ring (bicyclic) bond motifs is 1. The van der Waals surface area contributed by atoms with E-state index in [1.807, 2.05) is 29.7 Å². The van der Waals surface area contributed by atoms with Crippen LogP contribution in [0.5, 0.6) is 0 Å². The molecular formula is C13H16ClIN2O2S. The Bertz CT molecular complexity index is 725. The molecule has 0 fully saturated rings. The second-order valence-electron chi connectivity index (χ2n) is 4.85. The van der Waals surface area contributed by atoms with Crippen molar-refractivity contribution in [3.63, 3.8) is 0 Å². The third-order valence-electron chi connectivity index (χ3n) is 2.99. The molecule has 0 spiro atoms. The number of rotatable bonds is 5. The summed E-state index contributed by atoms with van der Waals surface area (Å²) in [4.78, 5) is 4.56. The van der Waals surface area contributed by atoms with Crippen molar-refractivity contribution in [2.45, 2.75) is 25.3 Å². The standard InChI is InChI=1S/C13H16ClIN2O2S/c1-9(14)13-16-11-8-10(15)4-5-12(11)17(13)6-3-7-20(2,18)19/h4-5,8-9H,3,6-7H2,1-2H3. The summed E-state index contributed by atoms with van der Waals surface area (Å²) < 4.78 is 25.6. The molecule has 20 heavy (non-hydrogen) atoms. The van der Waals surface area contributed by atoms with Gasteiger partial charge in [0.05, 0.1) is 22.2 Å². The minimum absolute atomic E-state index is 0.174. The molecule has 0 aliphatic carbocycles. The number of hydrogen-bond acceptors (Lipinski definition) is 3. The summed E-state index contributed by atoms with van der Waals surface area (Å²) in [5, 5.41) is -0.210. The fourth-order valence-electron chi connectivity index (χ4n) is 2.15. The zero-order valence-corrected chi connectivity index (χ0v) is 15.0. The molecule has 1 atom stereocenters. The Balaban J connectivity index is 2.36. The molecule has 0 bridgehead atoms. The van der Waals surface area contributed by atoms with Gasteiger partial charge in [-0.25, -0.2) is 13.4 Å². The lowest BCUT2D eigenvalue weighted by Gasteiger charge is -2.10. The van der Waals surface area contributed by atoms with Gasteiger partial charge < -0.3 is 4.57 Å². The van der Waals surface area contributed by atoms with Gasteiger partial charge in [0.15, 0.2) is 0 Å². The van der Waals surface area contributed by atoms with Crippen molar-refractivity contribution in [3.05, 3.63) is 27.6 Å². The average molecular weight is 427 g/mol. The Morgan fingerprint density at radius 3 is 2.75 bits per heavy atom. The van der Waals surface area contributed by atoms with Gasteiger partial charge in [-0.2, -0.15) is 0 Å². The van der Waals surface area contributed by atoms with E-state index in [9.17, 15) is 8.42 Å². The Hall–Kier alpha value is -0.340. The van der Waals surface area contributed by atoms with E-state index in [4.69, 9.17) is 11.6 Å². The number of imidazole rings is 1. The largest absolute Gasteiger partial charge is 0.327 e. The highest BCUT2D eigenvalue weighted by Gasteiger charge is 2.15. The van der Waals surface area contributed by atoms with Crippen LogP contribution in [0.15, 0.2) is 18.2 Å². The van der Waals surface area contributed by atoms with Crippen LogP contribution in [0, 0.1) is 3.57 Å². The maximum Gasteiger partial charge on any atom is 0.147 e. The summed E-state index contributed by atoms with van der Waals surface area (Å²) in [7, 11) is -2.94. The highest BCUT2D eigenvalue weighted by molar-refractivity contribution is 14.1. The molecule has 0 amide bonds. The van der Waals surface area contributed by atoms with Gasteiger partial charge >= 0.3 is 0 Å². The first-order valence-corrected chi connectivity index (χ1v) is 9.83. The van der Waals surface area contributed by atoms with Crippen molar-refractivity contribution in [2.24, 2.45) is 0 Å². The van der Waals surface area contributed by atoms with Crippen LogP contribution in [-0.2, 0) is 16.4 Å². The minimum Gasteiger partial charge on any atom is -0.327 e. The third-order valence-corrected chi connectivity index (χ3v) is 4.89. The first kappa shape index (κ1) is 16.0. The number of aryl methyl sites for hydroxylation is 1. The lowest BCUT2D eigenvalue weighted by atomic mass is 10.3. The van der Waals surface area contributed by atoms with Crippen LogP contribution in [0.1, 0.15) is 24.5 Å². The summed E-state index contributed by atoms with van der Waals surface area (Å²) in [5.41, 5.74) is 1.90. The van der Waals surface area contributed by atoms with Crippen LogP contribution >= 0.6 is 34.2 Å². The van der Waals surface area contributed by atoms with E-state index < -0.39 is 9.84 Å². The molecule has 2 aromatic rings. The topological polar surface area (TPSA) is 52.0 Å². The van der Waals surface area contributed by atoms with Gasteiger partial charge in [0, 0.05) is 16.4 Å². The van der Waals surface area contributed by atoms with Gasteiger partial charge in [-0.15, -0.1) is 11.6 Å². The number of aromatic nitrogens is 2. The molecule has 0 aliphatic rings. The van der Waals surface area contributed by atoms with Gasteiger partial charge in [-0.05, 0) is 54.1 Å². The normalized spacial score (nSPS) is 13.8. The second-order valence-corrected chi connectivity index (χ2v) is 9.01. The van der Waals surface area contributed by atoms with E-state index in [0.29, 0.717) is 13.0 Å². The highest BCUT2D eigenvalue weighted by atomic mass is 127. The summed E-state index contributed by atoms with van der Waals surface area (Å²) in [6, 6.07) is 6.03. The first-order valence-electron chi connectivity index (χ1n) is 6.25. The molecule has 1 unspecified atom stereocenters. The van der Waals surface area contributed by atoms with Crippen LogP contribution in [0.25, 0.3) is 11.0 Å². The number of nitrogens with zero attached hydrogens (tertiary/aromatic N) is 2. The minimum atomic E-state index is -2.94. The molecule has 0 N–H and O–H groups in total. The maximum absolute atomic E-state index is 11.2. The Morgan fingerprint density at radius 1 is 1.45 bits per heavy atom. The molecule has 0 saturated carbocycles. The van der Waals surface area contributed by atoms with Crippen molar-refractivity contribution in [2.75, 3.05) is 12.0 Å². The van der Waals surface area contributed by atoms with E-state index >= 15 is 0 Å². The van der Waals surface area contributed by atoms with Gasteiger partial charge in [0.1, 0.15) is 15.7 Å². The van der Waals surface area contributed by atoms with Gasteiger partial charge in [0.25, 0.3) is 0 Å². The highest BCUT2D eigenvalue weighted by Crippen LogP contribution is 2.26. The lowest BCUT2D eigenvalue weighted by molar-refractivity contribution is 0.590. The molecule has 2 rings (SSSR count). The zero-order chi connectivity index (χ0) is 14.9. The Labute approximate surface area is 137 Å².